The maximum absolute atomic E-state index is 13.2. The molecule has 1 aromatic carbocycles. The third kappa shape index (κ3) is 8.06. The van der Waals surface area contributed by atoms with Gasteiger partial charge in [0.15, 0.2) is 0 Å². The number of aromatic nitrogens is 1. The summed E-state index contributed by atoms with van der Waals surface area (Å²) < 4.78 is 5.89. The highest BCUT2D eigenvalue weighted by molar-refractivity contribution is 6.21. The van der Waals surface area contributed by atoms with E-state index in [4.69, 9.17) is 16.3 Å². The summed E-state index contributed by atoms with van der Waals surface area (Å²) in [6, 6.07) is 9.09. The zero-order valence-electron chi connectivity index (χ0n) is 20.0. The van der Waals surface area contributed by atoms with Crippen LogP contribution in [0.15, 0.2) is 35.1 Å². The Kier molecular flexibility index (Phi) is 10.6. The average Bonchev–Trinajstić information content (AvgIpc) is 2.82. The van der Waals surface area contributed by atoms with Crippen LogP contribution in [0.1, 0.15) is 84.0 Å². The Morgan fingerprint density at radius 1 is 1.06 bits per heavy atom. The van der Waals surface area contributed by atoms with Crippen molar-refractivity contribution in [2.24, 2.45) is 0 Å². The number of carbonyl (C=O) groups excluding carboxylic acids is 1. The standard InChI is InChI=1S/C27H39ClN2O3/c1-2-3-4-5-6-9-18-30(25-12-8-7-11-23(25)28)27(32)13-10-19-33-22-15-16-24-21(20-22)14-17-26(31)29-24/h14-17,20,23,25H,2-13,18-19H2,1H3,(H,29,31). The fraction of sp³-hybridized carbons (Fsp3) is 0.630. The van der Waals surface area contributed by atoms with E-state index in [2.05, 4.69) is 16.8 Å². The van der Waals surface area contributed by atoms with Crippen molar-refractivity contribution in [2.45, 2.75) is 95.4 Å². The molecule has 1 heterocycles. The maximum atomic E-state index is 13.2. The summed E-state index contributed by atoms with van der Waals surface area (Å²) in [5.74, 6) is 0.958. The van der Waals surface area contributed by atoms with Gasteiger partial charge in [-0.15, -0.1) is 11.6 Å². The van der Waals surface area contributed by atoms with Crippen LogP contribution >= 0.6 is 11.6 Å². The minimum absolute atomic E-state index is 0.0723. The van der Waals surface area contributed by atoms with E-state index in [-0.39, 0.29) is 22.9 Å². The molecule has 1 fully saturated rings. The minimum atomic E-state index is -0.114. The molecular formula is C27H39ClN2O3. The maximum Gasteiger partial charge on any atom is 0.248 e. The van der Waals surface area contributed by atoms with Crippen molar-refractivity contribution in [1.29, 1.82) is 0 Å². The molecule has 1 aliphatic rings. The van der Waals surface area contributed by atoms with E-state index in [1.54, 1.807) is 6.07 Å². The number of rotatable bonds is 13. The van der Waals surface area contributed by atoms with Crippen molar-refractivity contribution in [1.82, 2.24) is 9.88 Å². The normalized spacial score (nSPS) is 18.4. The first kappa shape index (κ1) is 25.6. The molecule has 2 atom stereocenters. The Labute approximate surface area is 202 Å². The number of aromatic amines is 1. The largest absolute Gasteiger partial charge is 0.494 e. The molecule has 2 unspecified atom stereocenters. The van der Waals surface area contributed by atoms with E-state index in [1.165, 1.54) is 38.2 Å². The van der Waals surface area contributed by atoms with Gasteiger partial charge in [-0.2, -0.15) is 0 Å². The van der Waals surface area contributed by atoms with Crippen molar-refractivity contribution < 1.29 is 9.53 Å². The van der Waals surface area contributed by atoms with Crippen molar-refractivity contribution in [3.05, 3.63) is 40.7 Å². The highest BCUT2D eigenvalue weighted by Gasteiger charge is 2.31. The smallest absolute Gasteiger partial charge is 0.248 e. The highest BCUT2D eigenvalue weighted by Crippen LogP contribution is 2.28. The van der Waals surface area contributed by atoms with Crippen molar-refractivity contribution in [2.75, 3.05) is 13.2 Å². The quantitative estimate of drug-likeness (QED) is 0.269. The molecule has 0 aliphatic heterocycles. The first-order valence-corrected chi connectivity index (χ1v) is 13.2. The Balaban J connectivity index is 1.48. The van der Waals surface area contributed by atoms with Gasteiger partial charge in [-0.3, -0.25) is 9.59 Å². The molecule has 33 heavy (non-hydrogen) atoms. The van der Waals surface area contributed by atoms with Gasteiger partial charge in [-0.1, -0.05) is 51.9 Å². The number of halogens is 1. The van der Waals surface area contributed by atoms with Crippen LogP contribution in [-0.4, -0.2) is 40.4 Å². The lowest BCUT2D eigenvalue weighted by atomic mass is 9.93. The number of fused-ring (bicyclic) bond motifs is 1. The number of benzene rings is 1. The van der Waals surface area contributed by atoms with E-state index in [9.17, 15) is 9.59 Å². The number of hydrogen-bond donors (Lipinski definition) is 1. The summed E-state index contributed by atoms with van der Waals surface area (Å²) in [7, 11) is 0. The predicted octanol–water partition coefficient (Wildman–Crippen LogP) is 6.43. The van der Waals surface area contributed by atoms with Crippen LogP contribution in [0.5, 0.6) is 5.75 Å². The number of H-pyrrole nitrogens is 1. The second-order valence-corrected chi connectivity index (χ2v) is 9.81. The lowest BCUT2D eigenvalue weighted by Gasteiger charge is -2.37. The van der Waals surface area contributed by atoms with Crippen LogP contribution in [0.2, 0.25) is 0 Å². The van der Waals surface area contributed by atoms with Crippen LogP contribution in [0.3, 0.4) is 0 Å². The van der Waals surface area contributed by atoms with Crippen molar-refractivity contribution in [3.63, 3.8) is 0 Å². The Morgan fingerprint density at radius 2 is 1.85 bits per heavy atom. The number of pyridine rings is 1. The van der Waals surface area contributed by atoms with Gasteiger partial charge < -0.3 is 14.6 Å². The number of alkyl halides is 1. The fourth-order valence-electron chi connectivity index (χ4n) is 4.73. The number of nitrogens with zero attached hydrogens (tertiary/aromatic N) is 1. The molecule has 6 heteroatoms. The average molecular weight is 475 g/mol. The van der Waals surface area contributed by atoms with Gasteiger partial charge in [-0.05, 0) is 49.9 Å². The highest BCUT2D eigenvalue weighted by atomic mass is 35.5. The molecule has 3 rings (SSSR count). The fourth-order valence-corrected chi connectivity index (χ4v) is 5.15. The van der Waals surface area contributed by atoms with Crippen molar-refractivity contribution >= 4 is 28.4 Å². The number of amides is 1. The van der Waals surface area contributed by atoms with E-state index < -0.39 is 0 Å². The molecule has 2 aromatic rings. The van der Waals surface area contributed by atoms with Gasteiger partial charge in [0.1, 0.15) is 5.75 Å². The van der Waals surface area contributed by atoms with E-state index >= 15 is 0 Å². The summed E-state index contributed by atoms with van der Waals surface area (Å²) in [6.45, 7) is 3.54. The Morgan fingerprint density at radius 3 is 2.67 bits per heavy atom. The van der Waals surface area contributed by atoms with Crippen LogP contribution < -0.4 is 10.3 Å². The first-order valence-electron chi connectivity index (χ1n) is 12.8. The molecule has 5 nitrogen and oxygen atoms in total. The second kappa shape index (κ2) is 13.6. The summed E-state index contributed by atoms with van der Waals surface area (Å²) in [5, 5.41) is 1.00. The molecular weight excluding hydrogens is 436 g/mol. The topological polar surface area (TPSA) is 62.4 Å². The van der Waals surface area contributed by atoms with E-state index in [1.807, 2.05) is 18.2 Å². The number of carbonyl (C=O) groups is 1. The zero-order chi connectivity index (χ0) is 23.5. The number of hydrogen-bond acceptors (Lipinski definition) is 3. The van der Waals surface area contributed by atoms with Gasteiger partial charge in [0, 0.05) is 36.0 Å². The van der Waals surface area contributed by atoms with Gasteiger partial charge in [0.25, 0.3) is 0 Å². The molecule has 1 saturated carbocycles. The zero-order valence-corrected chi connectivity index (χ0v) is 20.7. The summed E-state index contributed by atoms with van der Waals surface area (Å²) in [4.78, 5) is 29.5. The molecule has 182 valence electrons. The Bertz CT molecular complexity index is 929. The number of ether oxygens (including phenoxy) is 1. The van der Waals surface area contributed by atoms with Crippen LogP contribution in [0, 0.1) is 0 Å². The molecule has 1 N–H and O–H groups in total. The summed E-state index contributed by atoms with van der Waals surface area (Å²) in [5.41, 5.74) is 0.677. The van der Waals surface area contributed by atoms with E-state index in [0.29, 0.717) is 19.4 Å². The molecule has 0 bridgehead atoms. The number of unbranched alkanes of at least 4 members (excludes halogenated alkanes) is 5. The summed E-state index contributed by atoms with van der Waals surface area (Å²) in [6.07, 6.45) is 12.8. The van der Waals surface area contributed by atoms with Crippen LogP contribution in [0.4, 0.5) is 0 Å². The lowest BCUT2D eigenvalue weighted by Crippen LogP contribution is -2.47. The van der Waals surface area contributed by atoms with Crippen molar-refractivity contribution in [3.8, 4) is 5.75 Å². The molecule has 1 aliphatic carbocycles. The van der Waals surface area contributed by atoms with Crippen LogP contribution in [-0.2, 0) is 4.79 Å². The third-order valence-corrected chi connectivity index (χ3v) is 7.13. The van der Waals surface area contributed by atoms with Gasteiger partial charge >= 0.3 is 0 Å². The van der Waals surface area contributed by atoms with Crippen LogP contribution in [0.25, 0.3) is 10.9 Å². The molecule has 0 radical (unpaired) electrons. The number of nitrogens with one attached hydrogen (secondary N) is 1. The molecule has 0 spiro atoms. The SMILES string of the molecule is CCCCCCCCN(C(=O)CCCOc1ccc2[nH]c(=O)ccc2c1)C1CCCCC1Cl. The summed E-state index contributed by atoms with van der Waals surface area (Å²) >= 11 is 6.66. The molecule has 0 saturated heterocycles. The molecule has 1 amide bonds. The van der Waals surface area contributed by atoms with Gasteiger partial charge in [-0.25, -0.2) is 0 Å². The van der Waals surface area contributed by atoms with Gasteiger partial charge in [0.05, 0.1) is 12.0 Å². The minimum Gasteiger partial charge on any atom is -0.494 e. The first-order chi connectivity index (χ1) is 16.1. The van der Waals surface area contributed by atoms with E-state index in [0.717, 1.165) is 55.3 Å². The lowest BCUT2D eigenvalue weighted by molar-refractivity contribution is -0.134. The monoisotopic (exact) mass is 474 g/mol. The third-order valence-electron chi connectivity index (χ3n) is 6.62. The molecule has 1 aromatic heterocycles. The predicted molar refractivity (Wildman–Crippen MR) is 136 cm³/mol. The second-order valence-electron chi connectivity index (χ2n) is 9.25. The van der Waals surface area contributed by atoms with Gasteiger partial charge in [0.2, 0.25) is 11.5 Å². The Hall–Kier alpha value is -2.01.